The monoisotopic (exact) mass is 440 g/mol. The fourth-order valence-corrected chi connectivity index (χ4v) is 4.06. The van der Waals surface area contributed by atoms with E-state index in [0.717, 1.165) is 49.9 Å². The van der Waals surface area contributed by atoms with Crippen LogP contribution in [0.4, 0.5) is 10.5 Å². The molecule has 2 aliphatic heterocycles. The average molecular weight is 441 g/mol. The van der Waals surface area contributed by atoms with Gasteiger partial charge in [-0.3, -0.25) is 14.9 Å². The molecule has 2 saturated heterocycles. The molecule has 1 aromatic rings. The van der Waals surface area contributed by atoms with E-state index in [1.165, 1.54) is 6.21 Å². The van der Waals surface area contributed by atoms with Crippen LogP contribution in [0.15, 0.2) is 28.2 Å². The number of primary amides is 1. The molecule has 4 amide bonds. The van der Waals surface area contributed by atoms with E-state index in [-0.39, 0.29) is 24.3 Å². The molecule has 1 unspecified atom stereocenters. The molecule has 9 nitrogen and oxygen atoms in total. The molecule has 32 heavy (non-hydrogen) atoms. The number of urea groups is 1. The highest BCUT2D eigenvalue weighted by Crippen LogP contribution is 2.20. The summed E-state index contributed by atoms with van der Waals surface area (Å²) in [7, 11) is 0. The molecule has 0 aliphatic carbocycles. The Labute approximate surface area is 188 Å². The van der Waals surface area contributed by atoms with E-state index in [0.29, 0.717) is 18.7 Å². The fraction of sp³-hybridized carbons (Fsp3) is 0.522. The molecule has 0 bridgehead atoms. The molecule has 2 heterocycles. The van der Waals surface area contributed by atoms with Crippen molar-refractivity contribution >= 4 is 35.7 Å². The van der Waals surface area contributed by atoms with Gasteiger partial charge in [-0.1, -0.05) is 24.1 Å². The Balaban J connectivity index is 1.75. The molecule has 3 N–H and O–H groups in total. The van der Waals surface area contributed by atoms with Crippen molar-refractivity contribution in [3.63, 3.8) is 0 Å². The van der Waals surface area contributed by atoms with Crippen molar-refractivity contribution in [3.8, 4) is 0 Å². The highest BCUT2D eigenvalue weighted by molar-refractivity contribution is 6.03. The molecular weight excluding hydrogens is 408 g/mol. The first kappa shape index (κ1) is 23.4. The lowest BCUT2D eigenvalue weighted by Gasteiger charge is -2.25. The standard InChI is InChI=1S/C23H32N6O3/c1-16-8-9-19(17(2)13-16)26-23(27-22(24)32)25-14-18-7-3-4-12-29(21(18)31)15-20(30)28-10-5-6-11-28/h8-9,13-14,18H,3-7,10-12,15H2,1-2H3,(H3,24,26,27,32)/b25-14+. The summed E-state index contributed by atoms with van der Waals surface area (Å²) < 4.78 is 0. The predicted octanol–water partition coefficient (Wildman–Crippen LogP) is 2.28. The zero-order valence-corrected chi connectivity index (χ0v) is 18.8. The fourth-order valence-electron chi connectivity index (χ4n) is 4.06. The first-order valence-corrected chi connectivity index (χ1v) is 11.2. The number of nitrogens with zero attached hydrogens (tertiary/aromatic N) is 4. The van der Waals surface area contributed by atoms with Gasteiger partial charge in [0.15, 0.2) is 0 Å². The van der Waals surface area contributed by atoms with Gasteiger partial charge in [0.2, 0.25) is 17.8 Å². The van der Waals surface area contributed by atoms with Crippen molar-refractivity contribution < 1.29 is 14.4 Å². The highest BCUT2D eigenvalue weighted by Gasteiger charge is 2.29. The molecule has 9 heteroatoms. The molecule has 172 valence electrons. The van der Waals surface area contributed by atoms with Gasteiger partial charge in [0, 0.05) is 25.8 Å². The molecule has 0 aromatic heterocycles. The Morgan fingerprint density at radius 1 is 1.16 bits per heavy atom. The van der Waals surface area contributed by atoms with E-state index in [1.54, 1.807) is 4.90 Å². The van der Waals surface area contributed by atoms with E-state index in [9.17, 15) is 14.4 Å². The van der Waals surface area contributed by atoms with Gasteiger partial charge in [0.25, 0.3) is 0 Å². The molecule has 0 saturated carbocycles. The third-order valence-electron chi connectivity index (χ3n) is 5.80. The maximum Gasteiger partial charge on any atom is 0.319 e. The number of benzene rings is 1. The quantitative estimate of drug-likeness (QED) is 0.552. The van der Waals surface area contributed by atoms with Gasteiger partial charge in [-0.15, -0.1) is 0 Å². The van der Waals surface area contributed by atoms with Crippen LogP contribution in [0.2, 0.25) is 0 Å². The number of carbonyl (C=O) groups is 3. The molecule has 0 spiro atoms. The number of rotatable bonds is 4. The lowest BCUT2D eigenvalue weighted by atomic mass is 10.0. The molecular formula is C23H32N6O3. The van der Waals surface area contributed by atoms with Crippen molar-refractivity contribution in [1.82, 2.24) is 15.1 Å². The van der Waals surface area contributed by atoms with E-state index in [2.05, 4.69) is 15.3 Å². The third-order valence-corrected chi connectivity index (χ3v) is 5.80. The summed E-state index contributed by atoms with van der Waals surface area (Å²) in [5.74, 6) is -0.575. The number of guanidine groups is 1. The second kappa shape index (κ2) is 10.9. The Kier molecular flexibility index (Phi) is 7.97. The van der Waals surface area contributed by atoms with E-state index in [4.69, 9.17) is 5.73 Å². The molecule has 3 rings (SSSR count). The second-order valence-corrected chi connectivity index (χ2v) is 8.44. The van der Waals surface area contributed by atoms with Crippen LogP contribution in [0.5, 0.6) is 0 Å². The zero-order valence-electron chi connectivity index (χ0n) is 18.8. The molecule has 2 fully saturated rings. The Hall–Kier alpha value is -3.23. The van der Waals surface area contributed by atoms with E-state index in [1.807, 2.05) is 36.9 Å². The van der Waals surface area contributed by atoms with Gasteiger partial charge in [0.1, 0.15) is 0 Å². The number of hydrogen-bond donors (Lipinski definition) is 2. The molecule has 1 aromatic carbocycles. The maximum atomic E-state index is 13.1. The number of nitrogens with one attached hydrogen (secondary N) is 1. The first-order valence-electron chi connectivity index (χ1n) is 11.2. The minimum Gasteiger partial charge on any atom is -0.351 e. The van der Waals surface area contributed by atoms with Gasteiger partial charge in [0.05, 0.1) is 18.2 Å². The normalized spacial score (nSPS) is 20.0. The van der Waals surface area contributed by atoms with Crippen molar-refractivity contribution in [2.75, 3.05) is 26.2 Å². The summed E-state index contributed by atoms with van der Waals surface area (Å²) in [6, 6.07) is 4.96. The van der Waals surface area contributed by atoms with Gasteiger partial charge < -0.3 is 15.5 Å². The smallest absolute Gasteiger partial charge is 0.319 e. The number of nitrogens with two attached hydrogens (primary N) is 1. The molecule has 1 atom stereocenters. The Bertz CT molecular complexity index is 920. The Morgan fingerprint density at radius 2 is 1.88 bits per heavy atom. The van der Waals surface area contributed by atoms with Crippen LogP contribution in [-0.2, 0) is 9.59 Å². The summed E-state index contributed by atoms with van der Waals surface area (Å²) in [5.41, 5.74) is 7.97. The number of carbonyl (C=O) groups excluding carboxylic acids is 3. The Morgan fingerprint density at radius 3 is 2.56 bits per heavy atom. The van der Waals surface area contributed by atoms with Crippen molar-refractivity contribution in [2.45, 2.75) is 46.0 Å². The van der Waals surface area contributed by atoms with Crippen LogP contribution in [0.1, 0.15) is 43.2 Å². The van der Waals surface area contributed by atoms with Crippen LogP contribution < -0.4 is 11.1 Å². The summed E-state index contributed by atoms with van der Waals surface area (Å²) in [5, 5.41) is 2.43. The SMILES string of the molecule is Cc1ccc(N=C(/N=C/C2CCCCN(CC(=O)N3CCCC3)C2=O)NC(N)=O)c(C)c1. The van der Waals surface area contributed by atoms with Gasteiger partial charge in [-0.2, -0.15) is 0 Å². The second-order valence-electron chi connectivity index (χ2n) is 8.44. The highest BCUT2D eigenvalue weighted by atomic mass is 16.2. The predicted molar refractivity (Wildman–Crippen MR) is 124 cm³/mol. The lowest BCUT2D eigenvalue weighted by Crippen LogP contribution is -2.44. The first-order chi connectivity index (χ1) is 15.3. The van der Waals surface area contributed by atoms with Gasteiger partial charge in [-0.25, -0.2) is 14.8 Å². The van der Waals surface area contributed by atoms with E-state index < -0.39 is 11.9 Å². The van der Waals surface area contributed by atoms with Crippen LogP contribution in [-0.4, -0.2) is 66.0 Å². The van der Waals surface area contributed by atoms with E-state index >= 15 is 0 Å². The van der Waals surface area contributed by atoms with Crippen LogP contribution in [0.3, 0.4) is 0 Å². The van der Waals surface area contributed by atoms with Crippen LogP contribution in [0.25, 0.3) is 0 Å². The lowest BCUT2D eigenvalue weighted by molar-refractivity contribution is -0.140. The zero-order chi connectivity index (χ0) is 23.1. The maximum absolute atomic E-state index is 13.1. The minimum absolute atomic E-state index is 0.000863. The topological polar surface area (TPSA) is 120 Å². The molecule has 0 radical (unpaired) electrons. The number of likely N-dealkylation sites (tertiary alicyclic amines) is 2. The number of hydrogen-bond acceptors (Lipinski definition) is 4. The van der Waals surface area contributed by atoms with Crippen molar-refractivity contribution in [3.05, 3.63) is 29.3 Å². The average Bonchev–Trinajstić information content (AvgIpc) is 3.22. The number of aliphatic imine (C=N–C) groups is 2. The minimum atomic E-state index is -0.782. The summed E-state index contributed by atoms with van der Waals surface area (Å²) in [6.07, 6.45) is 5.87. The van der Waals surface area contributed by atoms with Gasteiger partial charge in [-0.05, 0) is 51.2 Å². The number of aryl methyl sites for hydroxylation is 2. The van der Waals surface area contributed by atoms with Crippen LogP contribution in [0, 0.1) is 19.8 Å². The third kappa shape index (κ3) is 6.38. The largest absolute Gasteiger partial charge is 0.351 e. The van der Waals surface area contributed by atoms with Crippen molar-refractivity contribution in [2.24, 2.45) is 21.6 Å². The number of amides is 4. The summed E-state index contributed by atoms with van der Waals surface area (Å²) in [4.78, 5) is 49.3. The molecule has 2 aliphatic rings. The summed E-state index contributed by atoms with van der Waals surface area (Å²) >= 11 is 0. The van der Waals surface area contributed by atoms with Crippen molar-refractivity contribution in [1.29, 1.82) is 0 Å². The van der Waals surface area contributed by atoms with Gasteiger partial charge >= 0.3 is 6.03 Å². The summed E-state index contributed by atoms with van der Waals surface area (Å²) in [6.45, 7) is 6.10. The van der Waals surface area contributed by atoms with Crippen LogP contribution >= 0.6 is 0 Å².